The van der Waals surface area contributed by atoms with E-state index in [0.717, 1.165) is 22.9 Å². The molecule has 3 N–H and O–H groups in total. The quantitative estimate of drug-likeness (QED) is 0.707. The molecule has 4 heteroatoms. The van der Waals surface area contributed by atoms with Crippen molar-refractivity contribution in [2.45, 2.75) is 13.3 Å². The van der Waals surface area contributed by atoms with Crippen LogP contribution in [0.4, 0.5) is 5.82 Å². The van der Waals surface area contributed by atoms with Crippen molar-refractivity contribution in [1.29, 1.82) is 0 Å². The molecule has 2 aromatic heterocycles. The van der Waals surface area contributed by atoms with E-state index in [-0.39, 0.29) is 0 Å². The van der Waals surface area contributed by atoms with Gasteiger partial charge in [-0.2, -0.15) is 0 Å². The highest BCUT2D eigenvalue weighted by molar-refractivity contribution is 5.94. The van der Waals surface area contributed by atoms with Crippen LogP contribution in [0.15, 0.2) is 35.0 Å². The number of nitrogens with zero attached hydrogens (tertiary/aromatic N) is 1. The van der Waals surface area contributed by atoms with Crippen molar-refractivity contribution in [3.8, 4) is 11.3 Å². The molecule has 0 radical (unpaired) electrons. The van der Waals surface area contributed by atoms with E-state index >= 15 is 0 Å². The van der Waals surface area contributed by atoms with Gasteiger partial charge >= 0.3 is 0 Å². The Morgan fingerprint density at radius 2 is 2.24 bits per heavy atom. The molecule has 0 fully saturated rings. The Morgan fingerprint density at radius 3 is 2.94 bits per heavy atom. The smallest absolute Gasteiger partial charge is 0.171 e. The van der Waals surface area contributed by atoms with Gasteiger partial charge in [-0.15, -0.1) is 0 Å². The van der Waals surface area contributed by atoms with Crippen molar-refractivity contribution in [1.82, 2.24) is 10.1 Å². The molecule has 2 heterocycles. The molecule has 0 spiro atoms. The van der Waals surface area contributed by atoms with E-state index in [9.17, 15) is 0 Å². The van der Waals surface area contributed by atoms with E-state index < -0.39 is 0 Å². The van der Waals surface area contributed by atoms with Gasteiger partial charge in [0.05, 0.1) is 0 Å². The first kappa shape index (κ1) is 9.96. The van der Waals surface area contributed by atoms with E-state index in [1.165, 1.54) is 5.56 Å². The molecule has 86 valence electrons. The number of hydrogen-bond donors (Lipinski definition) is 2. The van der Waals surface area contributed by atoms with Gasteiger partial charge in [0.15, 0.2) is 11.6 Å². The summed E-state index contributed by atoms with van der Waals surface area (Å²) >= 11 is 0. The third-order valence-corrected chi connectivity index (χ3v) is 2.95. The summed E-state index contributed by atoms with van der Waals surface area (Å²) in [5.74, 6) is 1.10. The second kappa shape index (κ2) is 3.66. The van der Waals surface area contributed by atoms with Gasteiger partial charge < -0.3 is 15.2 Å². The first-order valence-electron chi connectivity index (χ1n) is 5.60. The fourth-order valence-corrected chi connectivity index (χ4v) is 2.01. The third-order valence-electron chi connectivity index (χ3n) is 2.95. The van der Waals surface area contributed by atoms with Crippen molar-refractivity contribution in [2.24, 2.45) is 0 Å². The molecule has 3 aromatic rings. The van der Waals surface area contributed by atoms with Crippen LogP contribution in [-0.2, 0) is 6.42 Å². The monoisotopic (exact) mass is 227 g/mol. The second-order valence-corrected chi connectivity index (χ2v) is 4.05. The van der Waals surface area contributed by atoms with Crippen molar-refractivity contribution in [3.63, 3.8) is 0 Å². The zero-order chi connectivity index (χ0) is 11.8. The van der Waals surface area contributed by atoms with Gasteiger partial charge in [-0.1, -0.05) is 18.1 Å². The fourth-order valence-electron chi connectivity index (χ4n) is 2.01. The Balaban J connectivity index is 2.22. The van der Waals surface area contributed by atoms with Crippen LogP contribution < -0.4 is 5.73 Å². The first-order chi connectivity index (χ1) is 8.28. The van der Waals surface area contributed by atoms with E-state index in [2.05, 4.69) is 35.3 Å². The lowest BCUT2D eigenvalue weighted by Crippen LogP contribution is -1.80. The summed E-state index contributed by atoms with van der Waals surface area (Å²) in [5.41, 5.74) is 8.96. The molecule has 0 amide bonds. The van der Waals surface area contributed by atoms with Crippen LogP contribution in [0, 0.1) is 0 Å². The lowest BCUT2D eigenvalue weighted by molar-refractivity contribution is 0.436. The largest absolute Gasteiger partial charge is 0.381 e. The van der Waals surface area contributed by atoms with Gasteiger partial charge in [0.25, 0.3) is 0 Å². The normalized spacial score (nSPS) is 11.1. The van der Waals surface area contributed by atoms with E-state index in [1.54, 1.807) is 6.07 Å². The molecule has 0 saturated carbocycles. The summed E-state index contributed by atoms with van der Waals surface area (Å²) in [6.07, 6.45) is 2.93. The highest BCUT2D eigenvalue weighted by Gasteiger charge is 2.10. The van der Waals surface area contributed by atoms with Crippen LogP contribution in [0.1, 0.15) is 12.5 Å². The maximum atomic E-state index is 5.57. The number of nitrogens with one attached hydrogen (secondary N) is 1. The Morgan fingerprint density at radius 1 is 1.35 bits per heavy atom. The van der Waals surface area contributed by atoms with Crippen molar-refractivity contribution < 1.29 is 4.52 Å². The summed E-state index contributed by atoms with van der Waals surface area (Å²) < 4.78 is 5.20. The number of aryl methyl sites for hydroxylation is 1. The van der Waals surface area contributed by atoms with Crippen LogP contribution in [0.25, 0.3) is 22.2 Å². The first-order valence-corrected chi connectivity index (χ1v) is 5.60. The van der Waals surface area contributed by atoms with Gasteiger partial charge in [0, 0.05) is 28.7 Å². The average molecular weight is 227 g/mol. The molecule has 1 aromatic carbocycles. The minimum Gasteiger partial charge on any atom is -0.381 e. The number of nitrogen functional groups attached to an aromatic ring is 1. The number of aromatic amines is 1. The van der Waals surface area contributed by atoms with Gasteiger partial charge in [-0.3, -0.25) is 0 Å². The van der Waals surface area contributed by atoms with Crippen LogP contribution in [0.2, 0.25) is 0 Å². The fraction of sp³-hybridized carbons (Fsp3) is 0.154. The molecule has 17 heavy (non-hydrogen) atoms. The molecule has 0 aliphatic carbocycles. The summed E-state index contributed by atoms with van der Waals surface area (Å²) in [6, 6.07) is 8.11. The Hall–Kier alpha value is -2.23. The number of benzene rings is 1. The minimum absolute atomic E-state index is 0.404. The molecule has 0 unspecified atom stereocenters. The molecular formula is C13H13N3O. The molecule has 3 rings (SSSR count). The van der Waals surface area contributed by atoms with Gasteiger partial charge in [0.2, 0.25) is 0 Å². The predicted molar refractivity (Wildman–Crippen MR) is 67.6 cm³/mol. The second-order valence-electron chi connectivity index (χ2n) is 4.05. The highest BCUT2D eigenvalue weighted by atomic mass is 16.5. The number of nitrogens with two attached hydrogens (primary N) is 1. The van der Waals surface area contributed by atoms with Crippen LogP contribution in [0.3, 0.4) is 0 Å². The number of anilines is 1. The zero-order valence-corrected chi connectivity index (χ0v) is 9.53. The molecule has 0 bridgehead atoms. The topological polar surface area (TPSA) is 67.8 Å². The number of hydrogen-bond acceptors (Lipinski definition) is 3. The molecule has 0 aliphatic rings. The van der Waals surface area contributed by atoms with Crippen molar-refractivity contribution >= 4 is 16.7 Å². The Labute approximate surface area is 98.4 Å². The number of rotatable bonds is 2. The maximum absolute atomic E-state index is 5.57. The SMILES string of the molecule is CCc1ccc2[nH]cc(-c3cc(N)no3)c2c1. The number of aromatic nitrogens is 2. The van der Waals surface area contributed by atoms with Gasteiger partial charge in [-0.25, -0.2) is 0 Å². The molecule has 4 nitrogen and oxygen atoms in total. The lowest BCUT2D eigenvalue weighted by Gasteiger charge is -1.98. The zero-order valence-electron chi connectivity index (χ0n) is 9.53. The third kappa shape index (κ3) is 1.58. The van der Waals surface area contributed by atoms with Crippen LogP contribution >= 0.6 is 0 Å². The van der Waals surface area contributed by atoms with Crippen molar-refractivity contribution in [3.05, 3.63) is 36.0 Å². The van der Waals surface area contributed by atoms with Gasteiger partial charge in [-0.05, 0) is 24.1 Å². The van der Waals surface area contributed by atoms with Crippen LogP contribution in [0.5, 0.6) is 0 Å². The molecular weight excluding hydrogens is 214 g/mol. The Bertz CT molecular complexity index is 666. The summed E-state index contributed by atoms with van der Waals surface area (Å²) in [4.78, 5) is 3.22. The standard InChI is InChI=1S/C13H13N3O/c1-2-8-3-4-11-9(5-8)10(7-15-11)12-6-13(14)16-17-12/h3-7,15H,2H2,1H3,(H2,14,16). The molecule has 0 aliphatic heterocycles. The van der Waals surface area contributed by atoms with Crippen LogP contribution in [-0.4, -0.2) is 10.1 Å². The molecule has 0 saturated heterocycles. The van der Waals surface area contributed by atoms with Crippen molar-refractivity contribution in [2.75, 3.05) is 5.73 Å². The summed E-state index contributed by atoms with van der Waals surface area (Å²) in [6.45, 7) is 2.14. The minimum atomic E-state index is 0.404. The van der Waals surface area contributed by atoms with Gasteiger partial charge in [0.1, 0.15) is 0 Å². The number of H-pyrrole nitrogens is 1. The van der Waals surface area contributed by atoms with E-state index in [1.807, 2.05) is 6.20 Å². The lowest BCUT2D eigenvalue weighted by atomic mass is 10.1. The predicted octanol–water partition coefficient (Wildman–Crippen LogP) is 2.97. The maximum Gasteiger partial charge on any atom is 0.171 e. The van der Waals surface area contributed by atoms with E-state index in [4.69, 9.17) is 10.3 Å². The Kier molecular flexibility index (Phi) is 2.14. The average Bonchev–Trinajstić information content (AvgIpc) is 2.93. The van der Waals surface area contributed by atoms with E-state index in [0.29, 0.717) is 11.6 Å². The highest BCUT2D eigenvalue weighted by Crippen LogP contribution is 2.30. The summed E-state index contributed by atoms with van der Waals surface area (Å²) in [5, 5.41) is 4.85. The molecule has 0 atom stereocenters. The number of fused-ring (bicyclic) bond motifs is 1. The summed E-state index contributed by atoms with van der Waals surface area (Å²) in [7, 11) is 0.